The van der Waals surface area contributed by atoms with Crippen LogP contribution in [0.1, 0.15) is 117 Å². The number of carbonyl (C=O) groups is 1. The van der Waals surface area contributed by atoms with E-state index < -0.39 is 28.0 Å². The van der Waals surface area contributed by atoms with Gasteiger partial charge in [-0.1, -0.05) is 95.9 Å². The summed E-state index contributed by atoms with van der Waals surface area (Å²) in [7, 11) is -4.32. The summed E-state index contributed by atoms with van der Waals surface area (Å²) in [5, 5.41) is 12.9. The van der Waals surface area contributed by atoms with E-state index >= 15 is 0 Å². The third kappa shape index (κ3) is 22.4. The molecule has 0 bridgehead atoms. The number of hydrogen-bond acceptors (Lipinski definition) is 4. The van der Waals surface area contributed by atoms with Gasteiger partial charge >= 0.3 is 0 Å². The minimum atomic E-state index is -4.32. The van der Waals surface area contributed by atoms with Crippen molar-refractivity contribution in [2.75, 3.05) is 5.75 Å². The van der Waals surface area contributed by atoms with Gasteiger partial charge in [0.05, 0.1) is 17.9 Å². The Hall–Kier alpha value is -1.18. The Morgan fingerprint density at radius 2 is 1.30 bits per heavy atom. The zero-order valence-electron chi connectivity index (χ0n) is 21.0. The van der Waals surface area contributed by atoms with Crippen molar-refractivity contribution in [3.8, 4) is 0 Å². The molecule has 2 atom stereocenters. The van der Waals surface area contributed by atoms with Gasteiger partial charge in [0, 0.05) is 6.42 Å². The number of rotatable bonds is 22. The van der Waals surface area contributed by atoms with E-state index in [-0.39, 0.29) is 12.3 Å². The predicted molar refractivity (Wildman–Crippen MR) is 138 cm³/mol. The molecule has 0 saturated heterocycles. The molecule has 194 valence electrons. The smallest absolute Gasteiger partial charge is 0.267 e. The molecular weight excluding hydrogens is 438 g/mol. The molecule has 0 saturated carbocycles. The highest BCUT2D eigenvalue weighted by Gasteiger charge is 2.24. The Bertz CT molecular complexity index is 631. The van der Waals surface area contributed by atoms with Crippen molar-refractivity contribution >= 4 is 16.0 Å². The van der Waals surface area contributed by atoms with Crippen LogP contribution < -0.4 is 5.32 Å². The number of nitrogens with one attached hydrogen (secondary N) is 1. The molecule has 7 heteroatoms. The zero-order chi connectivity index (χ0) is 24.8. The lowest BCUT2D eigenvalue weighted by Crippen LogP contribution is -2.46. The second-order valence-electron chi connectivity index (χ2n) is 8.96. The molecule has 6 nitrogen and oxygen atoms in total. The first-order valence-corrected chi connectivity index (χ1v) is 14.6. The van der Waals surface area contributed by atoms with Gasteiger partial charge in [-0.2, -0.15) is 8.42 Å². The molecule has 0 aliphatic rings. The Balaban J connectivity index is 4.19. The van der Waals surface area contributed by atoms with Crippen LogP contribution in [0.2, 0.25) is 0 Å². The second kappa shape index (κ2) is 21.4. The largest absolute Gasteiger partial charge is 0.387 e. The topological polar surface area (TPSA) is 104 Å². The van der Waals surface area contributed by atoms with Crippen molar-refractivity contribution in [2.24, 2.45) is 0 Å². The van der Waals surface area contributed by atoms with Crippen LogP contribution in [0.15, 0.2) is 24.3 Å². The number of carbonyl (C=O) groups excluding carboxylic acids is 1. The lowest BCUT2D eigenvalue weighted by molar-refractivity contribution is -0.122. The molecule has 0 aliphatic carbocycles. The molecule has 0 aromatic rings. The van der Waals surface area contributed by atoms with E-state index in [4.69, 9.17) is 0 Å². The highest BCUT2D eigenvalue weighted by molar-refractivity contribution is 7.85. The van der Waals surface area contributed by atoms with Gasteiger partial charge in [-0.25, -0.2) is 0 Å². The fourth-order valence-electron chi connectivity index (χ4n) is 3.60. The summed E-state index contributed by atoms with van der Waals surface area (Å²) in [6.45, 7) is 4.36. The summed E-state index contributed by atoms with van der Waals surface area (Å²) in [4.78, 5) is 12.2. The Labute approximate surface area is 203 Å². The minimum absolute atomic E-state index is 0.284. The van der Waals surface area contributed by atoms with E-state index in [1.165, 1.54) is 38.2 Å². The number of allylic oxidation sites excluding steroid dienone is 3. The van der Waals surface area contributed by atoms with Gasteiger partial charge in [0.25, 0.3) is 10.1 Å². The van der Waals surface area contributed by atoms with E-state index in [2.05, 4.69) is 31.3 Å². The molecule has 0 spiro atoms. The van der Waals surface area contributed by atoms with Crippen LogP contribution in [0.4, 0.5) is 0 Å². The van der Waals surface area contributed by atoms with Crippen molar-refractivity contribution in [3.05, 3.63) is 24.3 Å². The van der Waals surface area contributed by atoms with E-state index in [0.717, 1.165) is 64.2 Å². The minimum Gasteiger partial charge on any atom is -0.387 e. The Morgan fingerprint density at radius 3 is 1.91 bits per heavy atom. The summed E-state index contributed by atoms with van der Waals surface area (Å²) in [6.07, 6.45) is 23.2. The zero-order valence-corrected chi connectivity index (χ0v) is 21.8. The van der Waals surface area contributed by atoms with Gasteiger partial charge in [-0.05, 0) is 38.5 Å². The van der Waals surface area contributed by atoms with Gasteiger partial charge < -0.3 is 10.4 Å². The fraction of sp³-hybridized carbons (Fsp3) is 0.808. The normalized spacial score (nSPS) is 14.2. The molecule has 0 aliphatic heterocycles. The van der Waals surface area contributed by atoms with E-state index in [1.54, 1.807) is 0 Å². The number of aliphatic hydroxyl groups excluding tert-OH is 1. The molecule has 1 amide bonds. The van der Waals surface area contributed by atoms with Crippen LogP contribution >= 0.6 is 0 Å². The maximum atomic E-state index is 12.2. The molecule has 0 heterocycles. The van der Waals surface area contributed by atoms with Crippen molar-refractivity contribution < 1.29 is 22.9 Å². The first-order valence-electron chi connectivity index (χ1n) is 13.0. The molecule has 0 radical (unpaired) electrons. The molecule has 0 fully saturated rings. The van der Waals surface area contributed by atoms with E-state index in [1.807, 2.05) is 6.08 Å². The standard InChI is InChI=1S/C26H49NO5S/c1-3-5-7-9-11-12-13-14-16-18-20-22-26(29)27-24(23-33(30,31)32)25(28)21-19-17-15-10-8-6-4-2/h9,11,19,21,24-25,28H,3-8,10,12-18,20,22-23H2,1-2H3,(H,27,29)(H,30,31,32)/b11-9-,21-19+. The maximum absolute atomic E-state index is 12.2. The number of amides is 1. The third-order valence-electron chi connectivity index (χ3n) is 5.62. The summed E-state index contributed by atoms with van der Waals surface area (Å²) in [5.41, 5.74) is 0. The Kier molecular flexibility index (Phi) is 20.6. The SMILES string of the molecule is CCCC/C=C\CCCCCCCC(=O)NC(CS(=O)(=O)O)C(O)/C=C/CCCCCCC. The fourth-order valence-corrected chi connectivity index (χ4v) is 4.34. The molecule has 2 unspecified atom stereocenters. The van der Waals surface area contributed by atoms with Crippen LogP contribution in [0.5, 0.6) is 0 Å². The van der Waals surface area contributed by atoms with Gasteiger partial charge in [0.2, 0.25) is 5.91 Å². The van der Waals surface area contributed by atoms with Crippen LogP contribution in [0, 0.1) is 0 Å². The van der Waals surface area contributed by atoms with Crippen molar-refractivity contribution in [2.45, 2.75) is 129 Å². The van der Waals surface area contributed by atoms with Crippen LogP contribution in [0.3, 0.4) is 0 Å². The molecule has 0 rings (SSSR count). The van der Waals surface area contributed by atoms with Crippen LogP contribution in [0.25, 0.3) is 0 Å². The van der Waals surface area contributed by atoms with Gasteiger partial charge in [0.1, 0.15) is 0 Å². The summed E-state index contributed by atoms with van der Waals surface area (Å²) < 4.78 is 31.9. The molecule has 33 heavy (non-hydrogen) atoms. The van der Waals surface area contributed by atoms with Crippen molar-refractivity contribution in [3.63, 3.8) is 0 Å². The van der Waals surface area contributed by atoms with Gasteiger partial charge in [-0.3, -0.25) is 9.35 Å². The lowest BCUT2D eigenvalue weighted by atomic mass is 10.1. The number of unbranched alkanes of at least 4 members (excludes halogenated alkanes) is 12. The average Bonchev–Trinajstić information content (AvgIpc) is 2.75. The number of hydrogen-bond donors (Lipinski definition) is 3. The first kappa shape index (κ1) is 31.8. The Morgan fingerprint density at radius 1 is 0.788 bits per heavy atom. The molecular formula is C26H49NO5S. The highest BCUT2D eigenvalue weighted by Crippen LogP contribution is 2.10. The summed E-state index contributed by atoms with van der Waals surface area (Å²) >= 11 is 0. The maximum Gasteiger partial charge on any atom is 0.267 e. The number of aliphatic hydroxyl groups is 1. The quantitative estimate of drug-likeness (QED) is 0.0970. The van der Waals surface area contributed by atoms with Crippen molar-refractivity contribution in [1.82, 2.24) is 5.32 Å². The van der Waals surface area contributed by atoms with Gasteiger partial charge in [0.15, 0.2) is 0 Å². The average molecular weight is 488 g/mol. The van der Waals surface area contributed by atoms with E-state index in [9.17, 15) is 22.9 Å². The second-order valence-corrected chi connectivity index (χ2v) is 10.5. The van der Waals surface area contributed by atoms with Crippen LogP contribution in [-0.2, 0) is 14.9 Å². The van der Waals surface area contributed by atoms with Crippen molar-refractivity contribution in [1.29, 1.82) is 0 Å². The lowest BCUT2D eigenvalue weighted by Gasteiger charge is -2.21. The highest BCUT2D eigenvalue weighted by atomic mass is 32.2. The summed E-state index contributed by atoms with van der Waals surface area (Å²) in [6, 6.07) is -1.05. The molecule has 3 N–H and O–H groups in total. The van der Waals surface area contributed by atoms with E-state index in [0.29, 0.717) is 0 Å². The predicted octanol–water partition coefficient (Wildman–Crippen LogP) is 6.11. The third-order valence-corrected chi connectivity index (χ3v) is 6.40. The summed E-state index contributed by atoms with van der Waals surface area (Å²) in [5.74, 6) is -0.999. The van der Waals surface area contributed by atoms with Gasteiger partial charge in [-0.15, -0.1) is 0 Å². The first-order chi connectivity index (χ1) is 15.8. The van der Waals surface area contributed by atoms with Crippen LogP contribution in [-0.4, -0.2) is 41.9 Å². The molecule has 0 aromatic carbocycles. The monoisotopic (exact) mass is 487 g/mol. The molecule has 0 aromatic heterocycles.